The Bertz CT molecular complexity index is 1140. The molecule has 0 bridgehead atoms. The average molecular weight is 521 g/mol. The first kappa shape index (κ1) is 27.6. The van der Waals surface area contributed by atoms with Gasteiger partial charge in [-0.2, -0.15) is 13.2 Å². The number of thioether (sulfide) groups is 1. The van der Waals surface area contributed by atoms with Gasteiger partial charge in [0, 0.05) is 12.2 Å². The van der Waals surface area contributed by atoms with Crippen LogP contribution in [0.25, 0.3) is 0 Å². The minimum Gasteiger partial charge on any atom is -0.483 e. The fraction of sp³-hybridized carbons (Fsp3) is 0.423. The number of halogens is 3. The van der Waals surface area contributed by atoms with Crippen LogP contribution in [-0.4, -0.2) is 26.4 Å². The van der Waals surface area contributed by atoms with E-state index in [1.807, 2.05) is 35.8 Å². The van der Waals surface area contributed by atoms with Crippen LogP contribution < -0.4 is 10.1 Å². The number of benzene rings is 2. The molecule has 10 heteroatoms. The van der Waals surface area contributed by atoms with Gasteiger partial charge in [-0.3, -0.25) is 4.79 Å². The van der Waals surface area contributed by atoms with Crippen molar-refractivity contribution in [3.63, 3.8) is 0 Å². The van der Waals surface area contributed by atoms with Crippen LogP contribution in [0.1, 0.15) is 63.6 Å². The minimum absolute atomic E-state index is 0.0309. The highest BCUT2D eigenvalue weighted by atomic mass is 32.2. The summed E-state index contributed by atoms with van der Waals surface area (Å²) in [6.45, 7) is 11.0. The van der Waals surface area contributed by atoms with E-state index in [0.717, 1.165) is 17.9 Å². The second kappa shape index (κ2) is 11.8. The number of nitrogens with one attached hydrogen (secondary N) is 1. The highest BCUT2D eigenvalue weighted by Crippen LogP contribution is 2.30. The number of hydrogen-bond donors (Lipinski definition) is 1. The molecule has 1 atom stereocenters. The molecule has 0 spiro atoms. The monoisotopic (exact) mass is 520 g/mol. The average Bonchev–Trinajstić information content (AvgIpc) is 3.19. The molecule has 1 unspecified atom stereocenters. The van der Waals surface area contributed by atoms with Crippen LogP contribution in [0.15, 0.2) is 53.7 Å². The molecule has 194 valence electrons. The highest BCUT2D eigenvalue weighted by Gasteiger charge is 2.30. The largest absolute Gasteiger partial charge is 0.483 e. The molecule has 36 heavy (non-hydrogen) atoms. The lowest BCUT2D eigenvalue weighted by molar-refractivity contribution is -0.137. The van der Waals surface area contributed by atoms with E-state index in [-0.39, 0.29) is 17.8 Å². The molecule has 1 N–H and O–H groups in total. The van der Waals surface area contributed by atoms with E-state index in [1.165, 1.54) is 29.5 Å². The van der Waals surface area contributed by atoms with Gasteiger partial charge in [0.25, 0.3) is 0 Å². The van der Waals surface area contributed by atoms with E-state index in [9.17, 15) is 18.0 Å². The zero-order valence-electron chi connectivity index (χ0n) is 21.0. The fourth-order valence-electron chi connectivity index (χ4n) is 3.50. The maximum absolute atomic E-state index is 12.7. The number of aromatic nitrogens is 3. The fourth-order valence-corrected chi connectivity index (χ4v) is 4.26. The molecule has 2 aromatic carbocycles. The molecular formula is C26H31F3N4O2S. The predicted octanol–water partition coefficient (Wildman–Crippen LogP) is 6.95. The Balaban J connectivity index is 1.66. The van der Waals surface area contributed by atoms with E-state index >= 15 is 0 Å². The van der Waals surface area contributed by atoms with Gasteiger partial charge in [0.2, 0.25) is 5.91 Å². The molecule has 1 heterocycles. The van der Waals surface area contributed by atoms with Crippen LogP contribution in [-0.2, 0) is 17.5 Å². The van der Waals surface area contributed by atoms with Crippen LogP contribution in [0.3, 0.4) is 0 Å². The summed E-state index contributed by atoms with van der Waals surface area (Å²) in [5, 5.41) is 11.8. The second-order valence-corrected chi connectivity index (χ2v) is 10.2. The molecule has 0 fully saturated rings. The van der Waals surface area contributed by atoms with E-state index in [4.69, 9.17) is 4.74 Å². The molecule has 0 aliphatic rings. The van der Waals surface area contributed by atoms with Crippen molar-refractivity contribution in [1.82, 2.24) is 14.8 Å². The summed E-state index contributed by atoms with van der Waals surface area (Å²) >= 11 is 1.22. The van der Waals surface area contributed by atoms with Gasteiger partial charge in [0.1, 0.15) is 5.75 Å². The second-order valence-electron chi connectivity index (χ2n) is 9.24. The minimum atomic E-state index is -4.42. The molecule has 0 aliphatic carbocycles. The van der Waals surface area contributed by atoms with Crippen LogP contribution in [0.4, 0.5) is 18.9 Å². The summed E-state index contributed by atoms with van der Waals surface area (Å²) in [5.74, 6) is 1.80. The molecule has 0 aliphatic heterocycles. The maximum atomic E-state index is 12.7. The Morgan fingerprint density at radius 3 is 2.19 bits per heavy atom. The van der Waals surface area contributed by atoms with Crippen molar-refractivity contribution in [2.45, 2.75) is 64.5 Å². The Labute approximate surface area is 213 Å². The topological polar surface area (TPSA) is 69.0 Å². The van der Waals surface area contributed by atoms with Crippen molar-refractivity contribution in [1.29, 1.82) is 0 Å². The third kappa shape index (κ3) is 7.49. The van der Waals surface area contributed by atoms with E-state index < -0.39 is 11.7 Å². The van der Waals surface area contributed by atoms with E-state index in [0.29, 0.717) is 35.0 Å². The molecule has 0 radical (unpaired) electrons. The van der Waals surface area contributed by atoms with Crippen LogP contribution in [0, 0.1) is 5.92 Å². The first-order valence-corrected chi connectivity index (χ1v) is 12.7. The van der Waals surface area contributed by atoms with Crippen molar-refractivity contribution < 1.29 is 22.7 Å². The molecular weight excluding hydrogens is 489 g/mol. The zero-order chi connectivity index (χ0) is 26.5. The Morgan fingerprint density at radius 2 is 1.64 bits per heavy atom. The Kier molecular flexibility index (Phi) is 9.05. The van der Waals surface area contributed by atoms with Gasteiger partial charge >= 0.3 is 6.18 Å². The van der Waals surface area contributed by atoms with Gasteiger partial charge in [-0.25, -0.2) is 0 Å². The third-order valence-electron chi connectivity index (χ3n) is 5.34. The number of anilines is 1. The number of rotatable bonds is 10. The first-order chi connectivity index (χ1) is 16.9. The summed E-state index contributed by atoms with van der Waals surface area (Å²) in [6, 6.07) is 12.3. The standard InChI is InChI=1S/C26H31F3N4O2S/c1-16(2)14-33-24(18(5)35-22-12-6-19(7-13-22)17(3)4)31-32-25(33)36-15-23(34)30-21-10-8-20(9-11-21)26(27,28)29/h6-13,16-18H,14-15H2,1-5H3,(H,30,34). The normalized spacial score (nSPS) is 12.7. The number of nitrogens with zero attached hydrogens (tertiary/aromatic N) is 3. The van der Waals surface area contributed by atoms with Gasteiger partial charge in [-0.1, -0.05) is 51.6 Å². The highest BCUT2D eigenvalue weighted by molar-refractivity contribution is 7.99. The molecule has 1 amide bonds. The predicted molar refractivity (Wildman–Crippen MR) is 135 cm³/mol. The molecule has 0 saturated heterocycles. The van der Waals surface area contributed by atoms with Gasteiger partial charge in [-0.15, -0.1) is 10.2 Å². The lowest BCUT2D eigenvalue weighted by Crippen LogP contribution is -2.17. The summed E-state index contributed by atoms with van der Waals surface area (Å²) in [4.78, 5) is 12.4. The van der Waals surface area contributed by atoms with Gasteiger partial charge in [0.05, 0.1) is 11.3 Å². The lowest BCUT2D eigenvalue weighted by Gasteiger charge is -2.18. The summed E-state index contributed by atoms with van der Waals surface area (Å²) in [7, 11) is 0. The van der Waals surface area contributed by atoms with E-state index in [2.05, 4.69) is 43.2 Å². The molecule has 3 aromatic rings. The van der Waals surface area contributed by atoms with Crippen molar-refractivity contribution in [2.75, 3.05) is 11.1 Å². The van der Waals surface area contributed by atoms with Crippen molar-refractivity contribution in [2.24, 2.45) is 5.92 Å². The summed E-state index contributed by atoms with van der Waals surface area (Å²) in [5.41, 5.74) is 0.756. The van der Waals surface area contributed by atoms with Crippen LogP contribution >= 0.6 is 11.8 Å². The van der Waals surface area contributed by atoms with E-state index in [1.54, 1.807) is 0 Å². The van der Waals surface area contributed by atoms with Gasteiger partial charge in [-0.05, 0) is 60.7 Å². The number of alkyl halides is 3. The van der Waals surface area contributed by atoms with Crippen molar-refractivity contribution in [3.05, 3.63) is 65.5 Å². The van der Waals surface area contributed by atoms with Gasteiger partial charge < -0.3 is 14.6 Å². The van der Waals surface area contributed by atoms with Crippen LogP contribution in [0.2, 0.25) is 0 Å². The smallest absolute Gasteiger partial charge is 0.416 e. The maximum Gasteiger partial charge on any atom is 0.416 e. The first-order valence-electron chi connectivity index (χ1n) is 11.7. The zero-order valence-corrected chi connectivity index (χ0v) is 21.8. The Morgan fingerprint density at radius 1 is 1.00 bits per heavy atom. The molecule has 6 nitrogen and oxygen atoms in total. The summed E-state index contributed by atoms with van der Waals surface area (Å²) in [6.07, 6.45) is -4.79. The molecule has 1 aromatic heterocycles. The number of amides is 1. The third-order valence-corrected chi connectivity index (χ3v) is 6.31. The number of carbonyl (C=O) groups is 1. The van der Waals surface area contributed by atoms with Crippen LogP contribution in [0.5, 0.6) is 5.75 Å². The molecule has 0 saturated carbocycles. The summed E-state index contributed by atoms with van der Waals surface area (Å²) < 4.78 is 46.3. The number of ether oxygens (including phenoxy) is 1. The van der Waals surface area contributed by atoms with Crippen molar-refractivity contribution in [3.8, 4) is 5.75 Å². The van der Waals surface area contributed by atoms with Crippen molar-refractivity contribution >= 4 is 23.4 Å². The lowest BCUT2D eigenvalue weighted by atomic mass is 10.0. The molecule has 3 rings (SSSR count). The Hall–Kier alpha value is -3.01. The number of carbonyl (C=O) groups excluding carboxylic acids is 1. The quantitative estimate of drug-likeness (QED) is 0.293. The SMILES string of the molecule is CC(C)Cn1c(SCC(=O)Nc2ccc(C(F)(F)F)cc2)nnc1C(C)Oc1ccc(C(C)C)cc1. The number of hydrogen-bond acceptors (Lipinski definition) is 5. The van der Waals surface area contributed by atoms with Gasteiger partial charge in [0.15, 0.2) is 17.1 Å².